The quantitative estimate of drug-likeness (QED) is 0.367. The number of ether oxygens (including phenoxy) is 2. The number of aryl methyl sites for hydroxylation is 1. The lowest BCUT2D eigenvalue weighted by atomic mass is 10.2. The number of aromatic nitrogens is 2. The Morgan fingerprint density at radius 2 is 1.74 bits per heavy atom. The molecule has 2 aromatic carbocycles. The van der Waals surface area contributed by atoms with E-state index in [0.29, 0.717) is 27.4 Å². The van der Waals surface area contributed by atoms with Gasteiger partial charge in [0.25, 0.3) is 11.5 Å². The number of hydrogen-bond acceptors (Lipinski definition) is 6. The minimum absolute atomic E-state index is 0.0896. The van der Waals surface area contributed by atoms with E-state index in [1.807, 2.05) is 36.4 Å². The second-order valence-electron chi connectivity index (χ2n) is 7.46. The van der Waals surface area contributed by atoms with Crippen LogP contribution in [0.3, 0.4) is 0 Å². The van der Waals surface area contributed by atoms with Gasteiger partial charge in [-0.1, -0.05) is 28.1 Å². The Hall–Kier alpha value is -3.37. The molecule has 34 heavy (non-hydrogen) atoms. The van der Waals surface area contributed by atoms with Gasteiger partial charge >= 0.3 is 5.69 Å². The van der Waals surface area contributed by atoms with Crippen molar-refractivity contribution in [3.8, 4) is 11.5 Å². The van der Waals surface area contributed by atoms with Crippen LogP contribution >= 0.6 is 27.3 Å². The van der Waals surface area contributed by atoms with E-state index in [4.69, 9.17) is 9.47 Å². The average Bonchev–Trinajstić information content (AvgIpc) is 3.31. The summed E-state index contributed by atoms with van der Waals surface area (Å²) in [5, 5.41) is 3.17. The molecule has 1 amide bonds. The molecule has 176 valence electrons. The maximum Gasteiger partial charge on any atom is 0.331 e. The van der Waals surface area contributed by atoms with Gasteiger partial charge < -0.3 is 14.8 Å². The molecular weight excluding hydrogens is 522 g/mol. The number of amides is 1. The van der Waals surface area contributed by atoms with E-state index in [0.717, 1.165) is 31.7 Å². The predicted octanol–water partition coefficient (Wildman–Crippen LogP) is 3.54. The van der Waals surface area contributed by atoms with Crippen molar-refractivity contribution in [1.29, 1.82) is 0 Å². The van der Waals surface area contributed by atoms with Gasteiger partial charge in [0.1, 0.15) is 22.9 Å². The van der Waals surface area contributed by atoms with Crippen LogP contribution in [0.15, 0.2) is 68.7 Å². The van der Waals surface area contributed by atoms with Gasteiger partial charge in [-0.05, 0) is 48.0 Å². The Balaban J connectivity index is 1.50. The van der Waals surface area contributed by atoms with E-state index >= 15 is 0 Å². The summed E-state index contributed by atoms with van der Waals surface area (Å²) in [4.78, 5) is 39.3. The lowest BCUT2D eigenvalue weighted by Gasteiger charge is -2.10. The van der Waals surface area contributed by atoms with Crippen molar-refractivity contribution in [3.05, 3.63) is 90.3 Å². The Kier molecular flexibility index (Phi) is 7.18. The van der Waals surface area contributed by atoms with E-state index < -0.39 is 11.2 Å². The first kappa shape index (κ1) is 23.8. The molecule has 4 rings (SSSR count). The van der Waals surface area contributed by atoms with Crippen LogP contribution in [-0.2, 0) is 20.1 Å². The second kappa shape index (κ2) is 10.3. The van der Waals surface area contributed by atoms with Gasteiger partial charge in [0.15, 0.2) is 0 Å². The topological polar surface area (TPSA) is 91.6 Å². The highest BCUT2D eigenvalue weighted by atomic mass is 79.9. The third-order valence-electron chi connectivity index (χ3n) is 5.24. The summed E-state index contributed by atoms with van der Waals surface area (Å²) in [6.45, 7) is 0.571. The molecule has 0 bridgehead atoms. The summed E-state index contributed by atoms with van der Waals surface area (Å²) in [6.07, 6.45) is 0. The summed E-state index contributed by atoms with van der Waals surface area (Å²) >= 11 is 4.48. The van der Waals surface area contributed by atoms with E-state index in [2.05, 4.69) is 21.2 Å². The molecule has 0 atom stereocenters. The van der Waals surface area contributed by atoms with Crippen LogP contribution in [-0.4, -0.2) is 28.8 Å². The summed E-state index contributed by atoms with van der Waals surface area (Å²) in [5.41, 5.74) is 0.0164. The number of rotatable bonds is 8. The number of carbonyl (C=O) groups excluding carboxylic acids is 1. The van der Waals surface area contributed by atoms with E-state index in [1.165, 1.54) is 10.6 Å². The highest BCUT2D eigenvalue weighted by Crippen LogP contribution is 2.22. The van der Waals surface area contributed by atoms with Crippen LogP contribution in [0.4, 0.5) is 0 Å². The second-order valence-corrected chi connectivity index (χ2v) is 9.41. The molecule has 0 saturated carbocycles. The summed E-state index contributed by atoms with van der Waals surface area (Å²) in [5.74, 6) is 1.06. The Labute approximate surface area is 207 Å². The van der Waals surface area contributed by atoms with Gasteiger partial charge in [0.05, 0.1) is 23.9 Å². The van der Waals surface area contributed by atoms with Crippen molar-refractivity contribution in [2.45, 2.75) is 13.1 Å². The number of nitrogens with one attached hydrogen (secondary N) is 1. The maximum absolute atomic E-state index is 13.0. The van der Waals surface area contributed by atoms with Gasteiger partial charge in [-0.15, -0.1) is 11.3 Å². The van der Waals surface area contributed by atoms with Crippen molar-refractivity contribution >= 4 is 43.4 Å². The first-order valence-corrected chi connectivity index (χ1v) is 12.0. The van der Waals surface area contributed by atoms with Crippen molar-refractivity contribution in [2.75, 3.05) is 13.7 Å². The van der Waals surface area contributed by atoms with Gasteiger partial charge in [0.2, 0.25) is 0 Å². The molecule has 8 nitrogen and oxygen atoms in total. The van der Waals surface area contributed by atoms with E-state index in [1.54, 1.807) is 26.3 Å². The fourth-order valence-electron chi connectivity index (χ4n) is 3.39. The lowest BCUT2D eigenvalue weighted by Crippen LogP contribution is -2.39. The number of thiophene rings is 1. The van der Waals surface area contributed by atoms with Gasteiger partial charge in [-0.25, -0.2) is 4.79 Å². The zero-order valence-electron chi connectivity index (χ0n) is 18.5. The molecule has 0 radical (unpaired) electrons. The zero-order valence-corrected chi connectivity index (χ0v) is 20.9. The van der Waals surface area contributed by atoms with Crippen molar-refractivity contribution < 1.29 is 14.3 Å². The Morgan fingerprint density at radius 1 is 1.06 bits per heavy atom. The normalized spacial score (nSPS) is 10.9. The fraction of sp³-hybridized carbons (Fsp3) is 0.208. The fourth-order valence-corrected chi connectivity index (χ4v) is 4.68. The molecule has 10 heteroatoms. The molecule has 1 N–H and O–H groups in total. The van der Waals surface area contributed by atoms with Crippen molar-refractivity contribution in [1.82, 2.24) is 14.5 Å². The van der Waals surface area contributed by atoms with Crippen LogP contribution in [0, 0.1) is 0 Å². The number of hydrogen-bond donors (Lipinski definition) is 1. The molecule has 2 aromatic heterocycles. The third kappa shape index (κ3) is 5.07. The molecule has 0 spiro atoms. The summed E-state index contributed by atoms with van der Waals surface area (Å²) < 4.78 is 14.2. The standard InChI is InChI=1S/C24H22BrN3O5S/c1-27-23-19(13-20(34-23)21(29)26-14-15-3-7-17(32-2)8-4-15)22(30)28(24(27)31)11-12-33-18-9-5-16(25)6-10-18/h3-10,13H,11-12,14H2,1-2H3,(H,26,29). The molecule has 0 aliphatic heterocycles. The lowest BCUT2D eigenvalue weighted by molar-refractivity contribution is 0.0955. The minimum atomic E-state index is -0.455. The molecule has 0 saturated heterocycles. The molecule has 0 fully saturated rings. The SMILES string of the molecule is COc1ccc(CNC(=O)c2cc3c(=O)n(CCOc4ccc(Br)cc4)c(=O)n(C)c3s2)cc1. The average molecular weight is 544 g/mol. The van der Waals surface area contributed by atoms with Crippen molar-refractivity contribution in [2.24, 2.45) is 7.05 Å². The van der Waals surface area contributed by atoms with Crippen LogP contribution in [0.5, 0.6) is 11.5 Å². The van der Waals surface area contributed by atoms with Crippen LogP contribution < -0.4 is 26.0 Å². The third-order valence-corrected chi connectivity index (χ3v) is 6.98. The number of fused-ring (bicyclic) bond motifs is 1. The number of halogens is 1. The van der Waals surface area contributed by atoms with E-state index in [-0.39, 0.29) is 19.1 Å². The van der Waals surface area contributed by atoms with Gasteiger partial charge in [-0.2, -0.15) is 0 Å². The monoisotopic (exact) mass is 543 g/mol. The number of benzene rings is 2. The van der Waals surface area contributed by atoms with Crippen LogP contribution in [0.2, 0.25) is 0 Å². The van der Waals surface area contributed by atoms with Gasteiger partial charge in [0, 0.05) is 18.1 Å². The van der Waals surface area contributed by atoms with Crippen molar-refractivity contribution in [3.63, 3.8) is 0 Å². The highest BCUT2D eigenvalue weighted by molar-refractivity contribution is 9.10. The summed E-state index contributed by atoms with van der Waals surface area (Å²) in [7, 11) is 3.18. The minimum Gasteiger partial charge on any atom is -0.497 e. The number of nitrogens with zero attached hydrogens (tertiary/aromatic N) is 2. The number of carbonyl (C=O) groups is 1. The van der Waals surface area contributed by atoms with E-state index in [9.17, 15) is 14.4 Å². The first-order chi connectivity index (χ1) is 16.4. The van der Waals surface area contributed by atoms with Gasteiger partial charge in [-0.3, -0.25) is 18.7 Å². The molecule has 2 heterocycles. The summed E-state index contributed by atoms with van der Waals surface area (Å²) in [6, 6.07) is 16.2. The largest absolute Gasteiger partial charge is 0.497 e. The van der Waals surface area contributed by atoms with Crippen LogP contribution in [0.25, 0.3) is 10.2 Å². The van der Waals surface area contributed by atoms with Crippen LogP contribution in [0.1, 0.15) is 15.2 Å². The Morgan fingerprint density at radius 3 is 2.41 bits per heavy atom. The molecule has 0 unspecified atom stereocenters. The predicted molar refractivity (Wildman–Crippen MR) is 135 cm³/mol. The number of methoxy groups -OCH3 is 1. The molecule has 0 aliphatic rings. The maximum atomic E-state index is 13.0. The Bertz CT molecular complexity index is 1440. The first-order valence-electron chi connectivity index (χ1n) is 10.4. The highest BCUT2D eigenvalue weighted by Gasteiger charge is 2.18. The molecular formula is C24H22BrN3O5S. The molecule has 0 aliphatic carbocycles. The zero-order chi connectivity index (χ0) is 24.2. The molecule has 4 aromatic rings. The smallest absolute Gasteiger partial charge is 0.331 e.